The Hall–Kier alpha value is -1.29. The molecular formula is C17H24ClF2N3O3S. The van der Waals surface area contributed by atoms with Gasteiger partial charge in [-0.1, -0.05) is 6.42 Å². The summed E-state index contributed by atoms with van der Waals surface area (Å²) in [5.41, 5.74) is 5.94. The van der Waals surface area contributed by atoms with Crippen LogP contribution in [0, 0.1) is 17.6 Å². The lowest BCUT2D eigenvalue weighted by molar-refractivity contribution is -0.137. The zero-order valence-electron chi connectivity index (χ0n) is 14.8. The first-order valence-corrected chi connectivity index (χ1v) is 10.2. The topological polar surface area (TPSA) is 83.7 Å². The van der Waals surface area contributed by atoms with Crippen molar-refractivity contribution in [2.45, 2.75) is 36.6 Å². The predicted molar refractivity (Wildman–Crippen MR) is 98.9 cm³/mol. The Kier molecular flexibility index (Phi) is 7.18. The van der Waals surface area contributed by atoms with Crippen LogP contribution in [0.3, 0.4) is 0 Å². The molecule has 3 rings (SSSR count). The Balaban J connectivity index is 0.00000261. The Bertz CT molecular complexity index is 786. The number of hydrogen-bond donors (Lipinski definition) is 1. The normalized spacial score (nSPS) is 24.3. The fraction of sp³-hybridized carbons (Fsp3) is 0.588. The minimum Gasteiger partial charge on any atom is -0.340 e. The molecule has 1 aromatic rings. The number of carbonyl (C=O) groups excluding carboxylic acids is 1. The molecule has 2 atom stereocenters. The average molecular weight is 424 g/mol. The van der Waals surface area contributed by atoms with E-state index < -0.39 is 26.6 Å². The number of hydrogen-bond acceptors (Lipinski definition) is 4. The molecule has 152 valence electrons. The molecule has 1 saturated heterocycles. The summed E-state index contributed by atoms with van der Waals surface area (Å²) in [6.07, 6.45) is 3.33. The van der Waals surface area contributed by atoms with Crippen molar-refractivity contribution in [2.24, 2.45) is 11.7 Å². The monoisotopic (exact) mass is 423 g/mol. The minimum absolute atomic E-state index is 0. The van der Waals surface area contributed by atoms with Gasteiger partial charge >= 0.3 is 0 Å². The van der Waals surface area contributed by atoms with Crippen molar-refractivity contribution in [3.8, 4) is 0 Å². The molecule has 6 nitrogen and oxygen atoms in total. The summed E-state index contributed by atoms with van der Waals surface area (Å²) < 4.78 is 53.2. The smallest absolute Gasteiger partial charge is 0.246 e. The predicted octanol–water partition coefficient (Wildman–Crippen LogP) is 1.74. The molecule has 2 N–H and O–H groups in total. The second-order valence-electron chi connectivity index (χ2n) is 6.93. The van der Waals surface area contributed by atoms with E-state index in [2.05, 4.69) is 0 Å². The van der Waals surface area contributed by atoms with Gasteiger partial charge in [-0.2, -0.15) is 4.31 Å². The summed E-state index contributed by atoms with van der Waals surface area (Å²) in [6, 6.07) is 2.45. The molecular weight excluding hydrogens is 400 g/mol. The van der Waals surface area contributed by atoms with Gasteiger partial charge in [-0.05, 0) is 31.4 Å². The summed E-state index contributed by atoms with van der Waals surface area (Å²) in [7, 11) is -4.06. The molecule has 0 bridgehead atoms. The summed E-state index contributed by atoms with van der Waals surface area (Å²) >= 11 is 0. The third kappa shape index (κ3) is 4.77. The lowest BCUT2D eigenvalue weighted by Crippen LogP contribution is -2.52. The second kappa shape index (κ2) is 8.81. The molecule has 2 unspecified atom stereocenters. The number of nitrogens with two attached hydrogens (primary N) is 1. The van der Waals surface area contributed by atoms with E-state index in [-0.39, 0.29) is 56.5 Å². The van der Waals surface area contributed by atoms with Crippen LogP contribution in [0.4, 0.5) is 8.78 Å². The summed E-state index contributed by atoms with van der Waals surface area (Å²) in [5.74, 6) is -2.02. The van der Waals surface area contributed by atoms with Gasteiger partial charge in [-0.15, -0.1) is 12.4 Å². The number of benzene rings is 1. The highest BCUT2D eigenvalue weighted by atomic mass is 35.5. The van der Waals surface area contributed by atoms with Crippen LogP contribution in [0.5, 0.6) is 0 Å². The highest BCUT2D eigenvalue weighted by molar-refractivity contribution is 7.89. The van der Waals surface area contributed by atoms with Gasteiger partial charge in [0.05, 0.1) is 0 Å². The quantitative estimate of drug-likeness (QED) is 0.802. The van der Waals surface area contributed by atoms with Crippen molar-refractivity contribution < 1.29 is 22.0 Å². The number of rotatable bonds is 3. The third-order valence-electron chi connectivity index (χ3n) is 5.13. The van der Waals surface area contributed by atoms with Gasteiger partial charge in [0.2, 0.25) is 15.9 Å². The number of amides is 1. The van der Waals surface area contributed by atoms with Crippen LogP contribution in [-0.2, 0) is 14.8 Å². The van der Waals surface area contributed by atoms with Crippen LogP contribution in [0.2, 0.25) is 0 Å². The van der Waals surface area contributed by atoms with Crippen LogP contribution < -0.4 is 5.73 Å². The van der Waals surface area contributed by atoms with Crippen molar-refractivity contribution in [2.75, 3.05) is 26.2 Å². The van der Waals surface area contributed by atoms with E-state index >= 15 is 0 Å². The average Bonchev–Trinajstić information content (AvgIpc) is 2.61. The van der Waals surface area contributed by atoms with E-state index in [1.807, 2.05) is 0 Å². The van der Waals surface area contributed by atoms with E-state index in [0.717, 1.165) is 35.7 Å². The van der Waals surface area contributed by atoms with Gasteiger partial charge in [-0.25, -0.2) is 17.2 Å². The van der Waals surface area contributed by atoms with Crippen molar-refractivity contribution in [3.63, 3.8) is 0 Å². The zero-order chi connectivity index (χ0) is 18.9. The van der Waals surface area contributed by atoms with Crippen molar-refractivity contribution in [1.29, 1.82) is 0 Å². The van der Waals surface area contributed by atoms with Gasteiger partial charge in [0, 0.05) is 44.2 Å². The van der Waals surface area contributed by atoms with E-state index in [9.17, 15) is 22.0 Å². The summed E-state index contributed by atoms with van der Waals surface area (Å²) in [5, 5.41) is 0. The van der Waals surface area contributed by atoms with Gasteiger partial charge in [0.1, 0.15) is 16.5 Å². The largest absolute Gasteiger partial charge is 0.340 e. The van der Waals surface area contributed by atoms with E-state index in [4.69, 9.17) is 5.73 Å². The number of sulfonamides is 1. The number of carbonyl (C=O) groups is 1. The molecule has 27 heavy (non-hydrogen) atoms. The van der Waals surface area contributed by atoms with E-state index in [1.54, 1.807) is 4.90 Å². The van der Waals surface area contributed by atoms with Crippen LogP contribution in [0.15, 0.2) is 23.1 Å². The van der Waals surface area contributed by atoms with Crippen molar-refractivity contribution in [1.82, 2.24) is 9.21 Å². The minimum atomic E-state index is -4.06. The first kappa shape index (κ1) is 22.0. The number of nitrogens with zero attached hydrogens (tertiary/aromatic N) is 2. The maximum Gasteiger partial charge on any atom is 0.246 e. The lowest BCUT2D eigenvalue weighted by atomic mass is 9.85. The Morgan fingerprint density at radius 1 is 1.11 bits per heavy atom. The Morgan fingerprint density at radius 3 is 2.37 bits per heavy atom. The SMILES string of the molecule is Cl.NC1CCCC(C(=O)N2CCN(S(=O)(=O)c3ccc(F)cc3F)CC2)C1. The van der Waals surface area contributed by atoms with Gasteiger partial charge in [0.15, 0.2) is 0 Å². The van der Waals surface area contributed by atoms with E-state index in [1.165, 1.54) is 0 Å². The molecule has 1 aliphatic carbocycles. The standard InChI is InChI=1S/C17H23F2N3O3S.ClH/c18-13-4-5-16(15(19)11-13)26(24,25)22-8-6-21(7-9-22)17(23)12-2-1-3-14(20)10-12;/h4-5,11-12,14H,1-3,6-10,20H2;1H. The molecule has 1 amide bonds. The fourth-order valence-electron chi connectivity index (χ4n) is 3.68. The van der Waals surface area contributed by atoms with Crippen molar-refractivity contribution in [3.05, 3.63) is 29.8 Å². The van der Waals surface area contributed by atoms with Crippen LogP contribution in [0.1, 0.15) is 25.7 Å². The molecule has 2 aliphatic rings. The summed E-state index contributed by atoms with van der Waals surface area (Å²) in [4.78, 5) is 13.7. The Morgan fingerprint density at radius 2 is 1.78 bits per heavy atom. The molecule has 1 heterocycles. The fourth-order valence-corrected chi connectivity index (χ4v) is 5.15. The van der Waals surface area contributed by atoms with Crippen LogP contribution in [-0.4, -0.2) is 55.8 Å². The molecule has 2 fully saturated rings. The van der Waals surface area contributed by atoms with Crippen LogP contribution in [0.25, 0.3) is 0 Å². The number of halogens is 3. The van der Waals surface area contributed by atoms with Crippen molar-refractivity contribution >= 4 is 28.3 Å². The maximum atomic E-state index is 13.9. The molecule has 1 aromatic carbocycles. The van der Waals surface area contributed by atoms with Gasteiger partial charge in [-0.3, -0.25) is 4.79 Å². The lowest BCUT2D eigenvalue weighted by Gasteiger charge is -2.37. The first-order valence-electron chi connectivity index (χ1n) is 8.78. The van der Waals surface area contributed by atoms with Crippen LogP contribution >= 0.6 is 12.4 Å². The molecule has 0 aromatic heterocycles. The number of piperazine rings is 1. The highest BCUT2D eigenvalue weighted by Crippen LogP contribution is 2.26. The highest BCUT2D eigenvalue weighted by Gasteiger charge is 2.35. The summed E-state index contributed by atoms with van der Waals surface area (Å²) in [6.45, 7) is 0.687. The third-order valence-corrected chi connectivity index (χ3v) is 7.06. The Labute approximate surface area is 164 Å². The maximum absolute atomic E-state index is 13.9. The second-order valence-corrected chi connectivity index (χ2v) is 8.83. The zero-order valence-corrected chi connectivity index (χ0v) is 16.4. The molecule has 1 saturated carbocycles. The molecule has 1 aliphatic heterocycles. The van der Waals surface area contributed by atoms with Gasteiger partial charge < -0.3 is 10.6 Å². The van der Waals surface area contributed by atoms with Gasteiger partial charge in [0.25, 0.3) is 0 Å². The first-order chi connectivity index (χ1) is 12.3. The molecule has 10 heteroatoms. The van der Waals surface area contributed by atoms with E-state index in [0.29, 0.717) is 12.5 Å². The molecule has 0 spiro atoms. The molecule has 0 radical (unpaired) electrons.